The molecule has 0 fully saturated rings. The van der Waals surface area contributed by atoms with Crippen LogP contribution in [0.4, 0.5) is 4.39 Å². The monoisotopic (exact) mass is 462 g/mol. The fourth-order valence-electron chi connectivity index (χ4n) is 3.02. The Labute approximate surface area is 183 Å². The van der Waals surface area contributed by atoms with Crippen LogP contribution in [-0.2, 0) is 9.73 Å². The molecule has 2 atom stereocenters. The van der Waals surface area contributed by atoms with Crippen molar-refractivity contribution in [3.05, 3.63) is 81.4 Å². The molecule has 1 amide bonds. The maximum atomic E-state index is 13.8. The van der Waals surface area contributed by atoms with Crippen LogP contribution in [0, 0.1) is 10.6 Å². The number of rotatable bonds is 6. The molecule has 0 radical (unpaired) electrons. The van der Waals surface area contributed by atoms with E-state index in [9.17, 15) is 18.2 Å². The Hall–Kier alpha value is -3.04. The van der Waals surface area contributed by atoms with E-state index in [-0.39, 0.29) is 17.0 Å². The number of halogens is 2. The molecule has 7 nitrogen and oxygen atoms in total. The van der Waals surface area contributed by atoms with Crippen LogP contribution in [-0.4, -0.2) is 37.9 Å². The molecule has 0 spiro atoms. The summed E-state index contributed by atoms with van der Waals surface area (Å²) in [4.78, 5) is 25.9. The number of benzene rings is 2. The number of aromatic nitrogens is 2. The molecule has 1 aromatic heterocycles. The molecule has 1 heterocycles. The minimum Gasteiger partial charge on any atom is -0.348 e. The van der Waals surface area contributed by atoms with Crippen molar-refractivity contribution in [2.75, 3.05) is 12.0 Å². The molecule has 3 rings (SSSR count). The van der Waals surface area contributed by atoms with Crippen LogP contribution in [0.25, 0.3) is 16.9 Å². The highest BCUT2D eigenvalue weighted by atomic mass is 35.5. The number of amides is 1. The van der Waals surface area contributed by atoms with E-state index in [0.29, 0.717) is 16.3 Å². The van der Waals surface area contributed by atoms with Gasteiger partial charge in [0.15, 0.2) is 0 Å². The molecule has 31 heavy (non-hydrogen) atoms. The second-order valence-electron chi connectivity index (χ2n) is 7.19. The zero-order valence-electron chi connectivity index (χ0n) is 16.8. The Kier molecular flexibility index (Phi) is 6.56. The van der Waals surface area contributed by atoms with Crippen LogP contribution in [0.15, 0.2) is 59.4 Å². The van der Waals surface area contributed by atoms with E-state index >= 15 is 0 Å². The molecular formula is C21H20ClFN4O3S. The summed E-state index contributed by atoms with van der Waals surface area (Å²) in [6, 6.07) is 12.7. The standard InChI is InChI=1S/C21H20ClFN4O3S/c1-13(12-31(2,24)30)25-20(28)18-11-19(14-6-8-15(22)9-7-14)26-27(21(18)29)17-5-3-4-16(23)10-17/h3-11,13,24H,12H2,1-2H3,(H,25,28). The first-order valence-corrected chi connectivity index (χ1v) is 11.7. The fraction of sp³-hybridized carbons (Fsp3) is 0.190. The third-order valence-electron chi connectivity index (χ3n) is 4.29. The first kappa shape index (κ1) is 22.6. The molecule has 162 valence electrons. The van der Waals surface area contributed by atoms with Crippen molar-refractivity contribution < 1.29 is 13.4 Å². The van der Waals surface area contributed by atoms with Crippen molar-refractivity contribution in [2.24, 2.45) is 0 Å². The van der Waals surface area contributed by atoms with Gasteiger partial charge in [-0.25, -0.2) is 4.39 Å². The predicted octanol–water partition coefficient (Wildman–Crippen LogP) is 3.49. The highest BCUT2D eigenvalue weighted by molar-refractivity contribution is 7.91. The minimum atomic E-state index is -2.84. The molecule has 0 saturated carbocycles. The normalized spacial score (nSPS) is 13.9. The topological polar surface area (TPSA) is 105 Å². The van der Waals surface area contributed by atoms with E-state index in [1.807, 2.05) is 0 Å². The maximum absolute atomic E-state index is 13.8. The molecule has 0 saturated heterocycles. The third-order valence-corrected chi connectivity index (χ3v) is 5.68. The second-order valence-corrected chi connectivity index (χ2v) is 9.97. The number of hydrogen-bond donors (Lipinski definition) is 2. The Bertz CT molecular complexity index is 1290. The molecule has 2 N–H and O–H groups in total. The summed E-state index contributed by atoms with van der Waals surface area (Å²) in [5, 5.41) is 7.41. The Morgan fingerprint density at radius 1 is 1.26 bits per heavy atom. The van der Waals surface area contributed by atoms with Crippen LogP contribution in [0.2, 0.25) is 5.02 Å². The highest BCUT2D eigenvalue weighted by Crippen LogP contribution is 2.20. The van der Waals surface area contributed by atoms with Crippen LogP contribution in [0.5, 0.6) is 0 Å². The Morgan fingerprint density at radius 2 is 1.94 bits per heavy atom. The first-order valence-electron chi connectivity index (χ1n) is 9.22. The fourth-order valence-corrected chi connectivity index (χ4v) is 4.19. The summed E-state index contributed by atoms with van der Waals surface area (Å²) >= 11 is 5.94. The summed E-state index contributed by atoms with van der Waals surface area (Å²) < 4.78 is 34.0. The second kappa shape index (κ2) is 8.99. The van der Waals surface area contributed by atoms with Crippen LogP contribution < -0.4 is 10.9 Å². The molecule has 3 aromatic rings. The van der Waals surface area contributed by atoms with Gasteiger partial charge in [-0.3, -0.25) is 18.6 Å². The van der Waals surface area contributed by atoms with Gasteiger partial charge < -0.3 is 5.32 Å². The quantitative estimate of drug-likeness (QED) is 0.585. The molecule has 10 heteroatoms. The van der Waals surface area contributed by atoms with E-state index < -0.39 is 33.1 Å². The minimum absolute atomic E-state index is 0.0635. The number of carbonyl (C=O) groups excluding carboxylic acids is 1. The van der Waals surface area contributed by atoms with Gasteiger partial charge in [-0.05, 0) is 43.3 Å². The van der Waals surface area contributed by atoms with Gasteiger partial charge in [-0.15, -0.1) is 0 Å². The van der Waals surface area contributed by atoms with Crippen molar-refractivity contribution in [1.82, 2.24) is 15.1 Å². The van der Waals surface area contributed by atoms with Gasteiger partial charge in [0.05, 0.1) is 17.1 Å². The average molecular weight is 463 g/mol. The maximum Gasteiger partial charge on any atom is 0.284 e. The Balaban J connectivity index is 2.12. The van der Waals surface area contributed by atoms with E-state index in [1.165, 1.54) is 30.5 Å². The molecular weight excluding hydrogens is 443 g/mol. The molecule has 0 aliphatic heterocycles. The highest BCUT2D eigenvalue weighted by Gasteiger charge is 2.20. The first-order chi connectivity index (χ1) is 14.5. The van der Waals surface area contributed by atoms with Crippen molar-refractivity contribution in [1.29, 1.82) is 4.78 Å². The lowest BCUT2D eigenvalue weighted by atomic mass is 10.1. The summed E-state index contributed by atoms with van der Waals surface area (Å²) in [6.45, 7) is 1.60. The van der Waals surface area contributed by atoms with E-state index in [4.69, 9.17) is 16.4 Å². The zero-order valence-corrected chi connectivity index (χ0v) is 18.3. The summed E-state index contributed by atoms with van der Waals surface area (Å²) in [6.07, 6.45) is 1.28. The van der Waals surface area contributed by atoms with Gasteiger partial charge in [0, 0.05) is 32.6 Å². The van der Waals surface area contributed by atoms with Gasteiger partial charge in [-0.1, -0.05) is 29.8 Å². The van der Waals surface area contributed by atoms with Gasteiger partial charge in [0.1, 0.15) is 11.4 Å². The third kappa shape index (κ3) is 5.77. The van der Waals surface area contributed by atoms with Crippen LogP contribution >= 0.6 is 11.6 Å². The van der Waals surface area contributed by atoms with Gasteiger partial charge in [0.2, 0.25) is 0 Å². The van der Waals surface area contributed by atoms with Crippen molar-refractivity contribution in [3.8, 4) is 16.9 Å². The average Bonchev–Trinajstić information content (AvgIpc) is 2.67. The molecule has 0 bridgehead atoms. The SMILES string of the molecule is CC(CS(C)(=N)=O)NC(=O)c1cc(-c2ccc(Cl)cc2)nn(-c2cccc(F)c2)c1=O. The Morgan fingerprint density at radius 3 is 2.55 bits per heavy atom. The molecule has 0 aliphatic rings. The van der Waals surface area contributed by atoms with Gasteiger partial charge in [0.25, 0.3) is 11.5 Å². The predicted molar refractivity (Wildman–Crippen MR) is 119 cm³/mol. The van der Waals surface area contributed by atoms with Gasteiger partial charge >= 0.3 is 0 Å². The number of nitrogens with zero attached hydrogens (tertiary/aromatic N) is 2. The van der Waals surface area contributed by atoms with Crippen molar-refractivity contribution >= 4 is 27.2 Å². The van der Waals surface area contributed by atoms with Crippen LogP contribution in [0.1, 0.15) is 17.3 Å². The lowest BCUT2D eigenvalue weighted by molar-refractivity contribution is 0.0941. The molecule has 2 aromatic carbocycles. The van der Waals surface area contributed by atoms with Crippen molar-refractivity contribution in [2.45, 2.75) is 13.0 Å². The van der Waals surface area contributed by atoms with E-state index in [0.717, 1.165) is 10.7 Å². The molecule has 2 unspecified atom stereocenters. The van der Waals surface area contributed by atoms with E-state index in [1.54, 1.807) is 31.2 Å². The number of carbonyl (C=O) groups is 1. The summed E-state index contributed by atoms with van der Waals surface area (Å²) in [5.41, 5.74) is 0.0999. The lowest BCUT2D eigenvalue weighted by Crippen LogP contribution is -2.40. The zero-order chi connectivity index (χ0) is 22.8. The smallest absolute Gasteiger partial charge is 0.284 e. The van der Waals surface area contributed by atoms with E-state index in [2.05, 4.69) is 10.4 Å². The molecule has 0 aliphatic carbocycles. The van der Waals surface area contributed by atoms with Gasteiger partial charge in [-0.2, -0.15) is 9.78 Å². The van der Waals surface area contributed by atoms with Crippen molar-refractivity contribution in [3.63, 3.8) is 0 Å². The lowest BCUT2D eigenvalue weighted by Gasteiger charge is -2.15. The summed E-state index contributed by atoms with van der Waals surface area (Å²) in [7, 11) is -2.84. The largest absolute Gasteiger partial charge is 0.348 e. The summed E-state index contributed by atoms with van der Waals surface area (Å²) in [5.74, 6) is -1.33. The number of hydrogen-bond acceptors (Lipinski definition) is 5. The van der Waals surface area contributed by atoms with Crippen LogP contribution in [0.3, 0.4) is 0 Å². The number of nitrogens with one attached hydrogen (secondary N) is 2.